The van der Waals surface area contributed by atoms with Crippen LogP contribution in [-0.2, 0) is 14.8 Å². The van der Waals surface area contributed by atoms with E-state index < -0.39 is 21.5 Å². The van der Waals surface area contributed by atoms with Crippen LogP contribution in [0.15, 0.2) is 10.3 Å². The van der Waals surface area contributed by atoms with E-state index in [-0.39, 0.29) is 15.7 Å². The van der Waals surface area contributed by atoms with E-state index in [4.69, 9.17) is 9.84 Å². The number of ether oxygens (including phenoxy) is 1. The minimum Gasteiger partial charge on any atom is -0.477 e. The van der Waals surface area contributed by atoms with Crippen molar-refractivity contribution in [1.82, 2.24) is 4.72 Å². The molecule has 1 aromatic rings. The molecular weight excluding hydrogens is 290 g/mol. The van der Waals surface area contributed by atoms with Crippen molar-refractivity contribution < 1.29 is 23.1 Å². The van der Waals surface area contributed by atoms with Crippen molar-refractivity contribution in [3.63, 3.8) is 0 Å². The van der Waals surface area contributed by atoms with Crippen molar-refractivity contribution in [3.8, 4) is 0 Å². The van der Waals surface area contributed by atoms with E-state index in [9.17, 15) is 13.2 Å². The lowest BCUT2D eigenvalue weighted by atomic mass is 10.1. The summed E-state index contributed by atoms with van der Waals surface area (Å²) in [4.78, 5) is 11.0. The molecule has 1 rings (SSSR count). The molecule has 1 aromatic heterocycles. The standard InChI is InChI=1S/C11H17NO5S2/c1-7-5-8(18-9(7)10(13)14)19(15,16)12-11(2,3)6-17-4/h5,12H,6H2,1-4H3,(H,13,14). The minimum absolute atomic E-state index is 0.00780. The van der Waals surface area contributed by atoms with Gasteiger partial charge in [0.15, 0.2) is 0 Å². The van der Waals surface area contributed by atoms with Gasteiger partial charge in [0.1, 0.15) is 9.09 Å². The third kappa shape index (κ3) is 4.00. The molecule has 0 saturated carbocycles. The average molecular weight is 307 g/mol. The number of carboxylic acid groups (broad SMARTS) is 1. The molecule has 0 aliphatic heterocycles. The van der Waals surface area contributed by atoms with Gasteiger partial charge in [-0.25, -0.2) is 17.9 Å². The second-order valence-electron chi connectivity index (χ2n) is 4.81. The van der Waals surface area contributed by atoms with Crippen molar-refractivity contribution in [1.29, 1.82) is 0 Å². The largest absolute Gasteiger partial charge is 0.477 e. The van der Waals surface area contributed by atoms with Crippen LogP contribution < -0.4 is 4.72 Å². The number of thiophene rings is 1. The zero-order chi connectivity index (χ0) is 14.8. The maximum atomic E-state index is 12.2. The molecule has 0 amide bonds. The Morgan fingerprint density at radius 2 is 2.11 bits per heavy atom. The zero-order valence-electron chi connectivity index (χ0n) is 11.2. The summed E-state index contributed by atoms with van der Waals surface area (Å²) in [6.45, 7) is 5.15. The molecule has 19 heavy (non-hydrogen) atoms. The second kappa shape index (κ2) is 5.58. The average Bonchev–Trinajstić information content (AvgIpc) is 2.58. The summed E-state index contributed by atoms with van der Waals surface area (Å²) < 4.78 is 31.7. The SMILES string of the molecule is COCC(C)(C)NS(=O)(=O)c1cc(C)c(C(=O)O)s1. The first-order valence-corrected chi connectivity index (χ1v) is 7.76. The Bertz CT molecular complexity index is 574. The quantitative estimate of drug-likeness (QED) is 0.830. The van der Waals surface area contributed by atoms with Crippen molar-refractivity contribution in [2.75, 3.05) is 13.7 Å². The lowest BCUT2D eigenvalue weighted by Gasteiger charge is -2.24. The minimum atomic E-state index is -3.75. The number of sulfonamides is 1. The smallest absolute Gasteiger partial charge is 0.346 e. The maximum absolute atomic E-state index is 12.2. The first kappa shape index (κ1) is 16.1. The van der Waals surface area contributed by atoms with E-state index in [2.05, 4.69) is 4.72 Å². The van der Waals surface area contributed by atoms with E-state index >= 15 is 0 Å². The Balaban J connectivity index is 3.08. The van der Waals surface area contributed by atoms with Gasteiger partial charge in [-0.2, -0.15) is 0 Å². The third-order valence-electron chi connectivity index (χ3n) is 2.27. The molecule has 1 heterocycles. The van der Waals surface area contributed by atoms with Crippen LogP contribution in [0.2, 0.25) is 0 Å². The number of methoxy groups -OCH3 is 1. The number of nitrogens with one attached hydrogen (secondary N) is 1. The molecule has 0 atom stereocenters. The predicted octanol–water partition coefficient (Wildman–Crippen LogP) is 1.46. The molecule has 0 fully saturated rings. The summed E-state index contributed by atoms with van der Waals surface area (Å²) in [6.07, 6.45) is 0. The lowest BCUT2D eigenvalue weighted by Crippen LogP contribution is -2.46. The lowest BCUT2D eigenvalue weighted by molar-refractivity contribution is 0.0701. The molecule has 0 spiro atoms. The number of aromatic carboxylic acids is 1. The Hall–Kier alpha value is -0.960. The molecule has 108 valence electrons. The molecular formula is C11H17NO5S2. The summed E-state index contributed by atoms with van der Waals surface area (Å²) in [7, 11) is -2.27. The van der Waals surface area contributed by atoms with E-state index in [1.807, 2.05) is 0 Å². The summed E-state index contributed by atoms with van der Waals surface area (Å²) in [5.41, 5.74) is -0.336. The fourth-order valence-corrected chi connectivity index (χ4v) is 4.38. The normalized spacial score (nSPS) is 12.6. The zero-order valence-corrected chi connectivity index (χ0v) is 12.8. The van der Waals surface area contributed by atoms with Crippen molar-refractivity contribution in [2.24, 2.45) is 0 Å². The van der Waals surface area contributed by atoms with E-state index in [1.165, 1.54) is 13.2 Å². The number of aryl methyl sites for hydroxylation is 1. The van der Waals surface area contributed by atoms with Crippen LogP contribution in [0.4, 0.5) is 0 Å². The molecule has 0 radical (unpaired) electrons. The molecule has 0 bridgehead atoms. The number of hydrogen-bond acceptors (Lipinski definition) is 5. The number of carbonyl (C=O) groups is 1. The van der Waals surface area contributed by atoms with Gasteiger partial charge < -0.3 is 9.84 Å². The van der Waals surface area contributed by atoms with Crippen LogP contribution in [0, 0.1) is 6.92 Å². The van der Waals surface area contributed by atoms with Gasteiger partial charge in [0.05, 0.1) is 12.1 Å². The molecule has 0 aromatic carbocycles. The fraction of sp³-hybridized carbons (Fsp3) is 0.545. The predicted molar refractivity (Wildman–Crippen MR) is 72.3 cm³/mol. The summed E-state index contributed by atoms with van der Waals surface area (Å²) >= 11 is 0.743. The molecule has 2 N–H and O–H groups in total. The highest BCUT2D eigenvalue weighted by Crippen LogP contribution is 2.26. The number of hydrogen-bond donors (Lipinski definition) is 2. The summed E-state index contributed by atoms with van der Waals surface area (Å²) in [6, 6.07) is 1.36. The monoisotopic (exact) mass is 307 g/mol. The van der Waals surface area contributed by atoms with E-state index in [0.29, 0.717) is 5.56 Å². The van der Waals surface area contributed by atoms with Gasteiger partial charge in [-0.05, 0) is 32.4 Å². The van der Waals surface area contributed by atoms with Gasteiger partial charge in [-0.15, -0.1) is 11.3 Å². The van der Waals surface area contributed by atoms with Crippen LogP contribution in [0.3, 0.4) is 0 Å². The van der Waals surface area contributed by atoms with E-state index in [1.54, 1.807) is 20.8 Å². The molecule has 0 aliphatic rings. The fourth-order valence-electron chi connectivity index (χ4n) is 1.60. The van der Waals surface area contributed by atoms with E-state index in [0.717, 1.165) is 11.3 Å². The van der Waals surface area contributed by atoms with Crippen LogP contribution in [0.25, 0.3) is 0 Å². The van der Waals surface area contributed by atoms with Crippen molar-refractivity contribution in [2.45, 2.75) is 30.5 Å². The Labute approximate surface area is 116 Å². The van der Waals surface area contributed by atoms with Gasteiger partial charge in [0.2, 0.25) is 0 Å². The second-order valence-corrected chi connectivity index (χ2v) is 7.77. The Kier molecular flexibility index (Phi) is 4.72. The highest BCUT2D eigenvalue weighted by Gasteiger charge is 2.28. The molecule has 0 unspecified atom stereocenters. The van der Waals surface area contributed by atoms with Gasteiger partial charge in [-0.1, -0.05) is 0 Å². The van der Waals surface area contributed by atoms with Gasteiger partial charge in [0.25, 0.3) is 10.0 Å². The number of carboxylic acids is 1. The van der Waals surface area contributed by atoms with Crippen LogP contribution >= 0.6 is 11.3 Å². The first-order chi connectivity index (χ1) is 8.59. The molecule has 0 saturated heterocycles. The third-order valence-corrected chi connectivity index (χ3v) is 5.67. The topological polar surface area (TPSA) is 92.7 Å². The molecule has 8 heteroatoms. The maximum Gasteiger partial charge on any atom is 0.346 e. The van der Waals surface area contributed by atoms with Gasteiger partial charge >= 0.3 is 5.97 Å². The van der Waals surface area contributed by atoms with Crippen LogP contribution in [0.1, 0.15) is 29.1 Å². The van der Waals surface area contributed by atoms with Crippen molar-refractivity contribution >= 4 is 27.3 Å². The summed E-state index contributed by atoms with van der Waals surface area (Å²) in [5.74, 6) is -1.12. The van der Waals surface area contributed by atoms with Crippen LogP contribution in [-0.4, -0.2) is 38.7 Å². The first-order valence-electron chi connectivity index (χ1n) is 5.46. The molecule has 6 nitrogen and oxygen atoms in total. The Morgan fingerprint density at radius 1 is 1.53 bits per heavy atom. The summed E-state index contributed by atoms with van der Waals surface area (Å²) in [5, 5.41) is 8.94. The molecule has 0 aliphatic carbocycles. The highest BCUT2D eigenvalue weighted by molar-refractivity contribution is 7.91. The van der Waals surface area contributed by atoms with Crippen LogP contribution in [0.5, 0.6) is 0 Å². The van der Waals surface area contributed by atoms with Gasteiger partial charge in [-0.3, -0.25) is 0 Å². The highest BCUT2D eigenvalue weighted by atomic mass is 32.2. The Morgan fingerprint density at radius 3 is 2.53 bits per heavy atom. The number of rotatable bonds is 6. The van der Waals surface area contributed by atoms with Gasteiger partial charge in [0, 0.05) is 7.11 Å². The van der Waals surface area contributed by atoms with Crippen molar-refractivity contribution in [3.05, 3.63) is 16.5 Å².